The third kappa shape index (κ3) is 2.97. The number of alkyl halides is 1. The SMILES string of the molecule is Cc1noc(C(C)N(C)C(=O)C(C)(C)CCl)n1. The van der Waals surface area contributed by atoms with Crippen LogP contribution in [-0.4, -0.2) is 33.9 Å². The summed E-state index contributed by atoms with van der Waals surface area (Å²) in [5.41, 5.74) is -0.598. The first kappa shape index (κ1) is 14.0. The molecule has 1 atom stereocenters. The van der Waals surface area contributed by atoms with Gasteiger partial charge in [0.05, 0.1) is 5.41 Å². The molecule has 0 aromatic carbocycles. The maximum atomic E-state index is 12.2. The van der Waals surface area contributed by atoms with Crippen molar-refractivity contribution in [2.24, 2.45) is 5.41 Å². The van der Waals surface area contributed by atoms with E-state index in [-0.39, 0.29) is 17.8 Å². The molecule has 1 heterocycles. The lowest BCUT2D eigenvalue weighted by Crippen LogP contribution is -2.40. The van der Waals surface area contributed by atoms with Gasteiger partial charge in [-0.25, -0.2) is 0 Å². The van der Waals surface area contributed by atoms with Crippen LogP contribution in [0.1, 0.15) is 38.5 Å². The van der Waals surface area contributed by atoms with Gasteiger partial charge in [0.2, 0.25) is 11.8 Å². The van der Waals surface area contributed by atoms with Crippen LogP contribution in [0.4, 0.5) is 0 Å². The smallest absolute Gasteiger partial charge is 0.249 e. The Morgan fingerprint density at radius 3 is 2.59 bits per heavy atom. The van der Waals surface area contributed by atoms with E-state index in [2.05, 4.69) is 10.1 Å². The molecular weight excluding hydrogens is 242 g/mol. The predicted molar refractivity (Wildman–Crippen MR) is 64.7 cm³/mol. The zero-order chi connectivity index (χ0) is 13.2. The maximum Gasteiger partial charge on any atom is 0.249 e. The number of aryl methyl sites for hydroxylation is 1. The Morgan fingerprint density at radius 1 is 1.59 bits per heavy atom. The molecule has 5 nitrogen and oxygen atoms in total. The minimum Gasteiger partial charge on any atom is -0.337 e. The third-order valence-corrected chi connectivity index (χ3v) is 3.38. The van der Waals surface area contributed by atoms with Crippen LogP contribution >= 0.6 is 11.6 Å². The molecule has 1 rings (SSSR count). The van der Waals surface area contributed by atoms with Crippen molar-refractivity contribution < 1.29 is 9.32 Å². The normalized spacial score (nSPS) is 13.5. The van der Waals surface area contributed by atoms with Gasteiger partial charge in [-0.3, -0.25) is 4.79 Å². The van der Waals surface area contributed by atoms with E-state index in [0.29, 0.717) is 11.7 Å². The summed E-state index contributed by atoms with van der Waals surface area (Å²) in [6.45, 7) is 7.20. The van der Waals surface area contributed by atoms with Crippen LogP contribution in [0, 0.1) is 12.3 Å². The fourth-order valence-corrected chi connectivity index (χ4v) is 1.47. The molecule has 0 aliphatic heterocycles. The van der Waals surface area contributed by atoms with Gasteiger partial charge in [0, 0.05) is 12.9 Å². The van der Waals surface area contributed by atoms with E-state index >= 15 is 0 Å². The Morgan fingerprint density at radius 2 is 2.18 bits per heavy atom. The number of hydrogen-bond acceptors (Lipinski definition) is 4. The van der Waals surface area contributed by atoms with Gasteiger partial charge in [0.15, 0.2) is 5.82 Å². The van der Waals surface area contributed by atoms with Gasteiger partial charge in [-0.15, -0.1) is 11.6 Å². The van der Waals surface area contributed by atoms with Crippen LogP contribution in [0.2, 0.25) is 0 Å². The van der Waals surface area contributed by atoms with Crippen LogP contribution in [-0.2, 0) is 4.79 Å². The lowest BCUT2D eigenvalue weighted by atomic mass is 9.94. The van der Waals surface area contributed by atoms with Crippen LogP contribution in [0.3, 0.4) is 0 Å². The van der Waals surface area contributed by atoms with E-state index in [1.807, 2.05) is 20.8 Å². The zero-order valence-corrected chi connectivity index (χ0v) is 11.6. The first-order valence-corrected chi connectivity index (χ1v) is 5.96. The van der Waals surface area contributed by atoms with Crippen molar-refractivity contribution in [3.05, 3.63) is 11.7 Å². The molecule has 0 aliphatic rings. The molecular formula is C11H18ClN3O2. The fourth-order valence-electron chi connectivity index (χ4n) is 1.36. The summed E-state index contributed by atoms with van der Waals surface area (Å²) in [7, 11) is 1.71. The second-order valence-electron chi connectivity index (χ2n) is 4.79. The third-order valence-electron chi connectivity index (χ3n) is 2.71. The Bertz CT molecular complexity index is 403. The number of rotatable bonds is 4. The van der Waals surface area contributed by atoms with E-state index in [1.165, 1.54) is 0 Å². The highest BCUT2D eigenvalue weighted by Gasteiger charge is 2.33. The van der Waals surface area contributed by atoms with Crippen molar-refractivity contribution in [1.29, 1.82) is 0 Å². The van der Waals surface area contributed by atoms with Crippen molar-refractivity contribution in [1.82, 2.24) is 15.0 Å². The van der Waals surface area contributed by atoms with E-state index in [1.54, 1.807) is 18.9 Å². The van der Waals surface area contributed by atoms with Gasteiger partial charge in [-0.05, 0) is 27.7 Å². The molecule has 0 saturated heterocycles. The van der Waals surface area contributed by atoms with Crippen LogP contribution in [0.15, 0.2) is 4.52 Å². The van der Waals surface area contributed by atoms with Crippen molar-refractivity contribution in [2.45, 2.75) is 33.7 Å². The number of nitrogens with zero attached hydrogens (tertiary/aromatic N) is 3. The summed E-state index contributed by atoms with van der Waals surface area (Å²) in [5, 5.41) is 3.71. The molecule has 0 fully saturated rings. The first-order chi connectivity index (χ1) is 7.79. The molecule has 0 spiro atoms. The number of hydrogen-bond donors (Lipinski definition) is 0. The van der Waals surface area contributed by atoms with Gasteiger partial charge in [-0.2, -0.15) is 4.98 Å². The molecule has 1 amide bonds. The lowest BCUT2D eigenvalue weighted by molar-refractivity contribution is -0.140. The van der Waals surface area contributed by atoms with Gasteiger partial charge < -0.3 is 9.42 Å². The molecule has 0 bridgehead atoms. The Kier molecular flexibility index (Phi) is 4.14. The first-order valence-electron chi connectivity index (χ1n) is 5.43. The monoisotopic (exact) mass is 259 g/mol. The topological polar surface area (TPSA) is 59.2 Å². The molecule has 17 heavy (non-hydrogen) atoms. The fraction of sp³-hybridized carbons (Fsp3) is 0.727. The van der Waals surface area contributed by atoms with Gasteiger partial charge in [0.1, 0.15) is 6.04 Å². The molecule has 0 saturated carbocycles. The van der Waals surface area contributed by atoms with Crippen LogP contribution in [0.5, 0.6) is 0 Å². The van der Waals surface area contributed by atoms with Gasteiger partial charge in [-0.1, -0.05) is 5.16 Å². The minimum atomic E-state index is -0.598. The number of aromatic nitrogens is 2. The number of amides is 1. The predicted octanol–water partition coefficient (Wildman–Crippen LogP) is 2.16. The number of carbonyl (C=O) groups excluding carboxylic acids is 1. The van der Waals surface area contributed by atoms with E-state index < -0.39 is 5.41 Å². The maximum absolute atomic E-state index is 12.2. The zero-order valence-electron chi connectivity index (χ0n) is 10.8. The average molecular weight is 260 g/mol. The van der Waals surface area contributed by atoms with Crippen LogP contribution < -0.4 is 0 Å². The summed E-state index contributed by atoms with van der Waals surface area (Å²) >= 11 is 5.79. The Labute approximate surface area is 106 Å². The summed E-state index contributed by atoms with van der Waals surface area (Å²) in [6, 6.07) is -0.258. The molecule has 6 heteroatoms. The van der Waals surface area contributed by atoms with Gasteiger partial charge >= 0.3 is 0 Å². The standard InChI is InChI=1S/C11H18ClN3O2/c1-7(9-13-8(2)14-17-9)15(5)10(16)11(3,4)6-12/h7H,6H2,1-5H3. The van der Waals surface area contributed by atoms with Crippen molar-refractivity contribution in [2.75, 3.05) is 12.9 Å². The van der Waals surface area contributed by atoms with Gasteiger partial charge in [0.25, 0.3) is 0 Å². The Balaban J connectivity index is 2.83. The van der Waals surface area contributed by atoms with Crippen molar-refractivity contribution in [3.8, 4) is 0 Å². The highest BCUT2D eigenvalue weighted by Crippen LogP contribution is 2.25. The molecule has 0 N–H and O–H groups in total. The van der Waals surface area contributed by atoms with E-state index in [4.69, 9.17) is 16.1 Å². The Hall–Kier alpha value is -1.10. The van der Waals surface area contributed by atoms with E-state index in [0.717, 1.165) is 0 Å². The molecule has 0 radical (unpaired) electrons. The summed E-state index contributed by atoms with van der Waals surface area (Å²) in [4.78, 5) is 17.9. The van der Waals surface area contributed by atoms with Crippen molar-refractivity contribution >= 4 is 17.5 Å². The van der Waals surface area contributed by atoms with E-state index in [9.17, 15) is 4.79 Å². The molecule has 96 valence electrons. The highest BCUT2D eigenvalue weighted by molar-refractivity contribution is 6.19. The highest BCUT2D eigenvalue weighted by atomic mass is 35.5. The quantitative estimate of drug-likeness (QED) is 0.778. The minimum absolute atomic E-state index is 0.0455. The lowest BCUT2D eigenvalue weighted by Gasteiger charge is -2.30. The summed E-state index contributed by atoms with van der Waals surface area (Å²) in [6.07, 6.45) is 0. The molecule has 1 unspecified atom stereocenters. The number of halogens is 1. The van der Waals surface area contributed by atoms with Crippen LogP contribution in [0.25, 0.3) is 0 Å². The second-order valence-corrected chi connectivity index (χ2v) is 5.06. The summed E-state index contributed by atoms with van der Waals surface area (Å²) < 4.78 is 5.06. The largest absolute Gasteiger partial charge is 0.337 e. The summed E-state index contributed by atoms with van der Waals surface area (Å²) in [5.74, 6) is 1.22. The molecule has 1 aromatic rings. The second kappa shape index (κ2) is 5.04. The molecule has 0 aliphatic carbocycles. The average Bonchev–Trinajstić information content (AvgIpc) is 2.72. The molecule has 1 aromatic heterocycles. The number of carbonyl (C=O) groups is 1. The van der Waals surface area contributed by atoms with Crippen molar-refractivity contribution in [3.63, 3.8) is 0 Å².